The van der Waals surface area contributed by atoms with E-state index in [0.29, 0.717) is 0 Å². The van der Waals surface area contributed by atoms with Crippen LogP contribution in [0, 0.1) is 17.2 Å². The van der Waals surface area contributed by atoms with Gasteiger partial charge in [-0.05, 0) is 23.6 Å². The predicted molar refractivity (Wildman–Crippen MR) is 55.6 cm³/mol. The van der Waals surface area contributed by atoms with Gasteiger partial charge in [-0.3, -0.25) is 4.90 Å². The summed E-state index contributed by atoms with van der Waals surface area (Å²) < 4.78 is 0. The third-order valence-electron chi connectivity index (χ3n) is 2.63. The molecule has 2 rings (SSSR count). The van der Waals surface area contributed by atoms with Crippen LogP contribution in [-0.4, -0.2) is 18.0 Å². The molecule has 72 valence electrons. The van der Waals surface area contributed by atoms with Crippen molar-refractivity contribution in [3.05, 3.63) is 35.4 Å². The molecule has 0 radical (unpaired) electrons. The molecule has 1 fully saturated rings. The SMILES string of the molecule is CC1CN(Cc2ccc(C#N)cc2)C1. The van der Waals surface area contributed by atoms with Crippen LogP contribution >= 0.6 is 0 Å². The van der Waals surface area contributed by atoms with E-state index in [1.165, 1.54) is 18.7 Å². The highest BCUT2D eigenvalue weighted by Gasteiger charge is 2.21. The maximum absolute atomic E-state index is 8.64. The molecule has 0 aliphatic carbocycles. The highest BCUT2D eigenvalue weighted by molar-refractivity contribution is 5.31. The van der Waals surface area contributed by atoms with E-state index in [0.717, 1.165) is 18.0 Å². The Morgan fingerprint density at radius 2 is 2.00 bits per heavy atom. The topological polar surface area (TPSA) is 27.0 Å². The number of hydrogen-bond donors (Lipinski definition) is 0. The summed E-state index contributed by atoms with van der Waals surface area (Å²) >= 11 is 0. The average molecular weight is 186 g/mol. The van der Waals surface area contributed by atoms with Crippen LogP contribution in [0.1, 0.15) is 18.1 Å². The Morgan fingerprint density at radius 3 is 2.50 bits per heavy atom. The minimum atomic E-state index is 0.741. The minimum Gasteiger partial charge on any atom is -0.298 e. The summed E-state index contributed by atoms with van der Waals surface area (Å²) in [5.74, 6) is 0.855. The first-order valence-electron chi connectivity index (χ1n) is 4.99. The number of benzene rings is 1. The summed E-state index contributed by atoms with van der Waals surface area (Å²) in [6.07, 6.45) is 0. The van der Waals surface area contributed by atoms with Gasteiger partial charge in [-0.25, -0.2) is 0 Å². The molecule has 0 atom stereocenters. The predicted octanol–water partition coefficient (Wildman–Crippen LogP) is 2.01. The van der Waals surface area contributed by atoms with E-state index in [4.69, 9.17) is 5.26 Å². The van der Waals surface area contributed by atoms with Crippen molar-refractivity contribution >= 4 is 0 Å². The lowest BCUT2D eigenvalue weighted by molar-refractivity contribution is 0.105. The Labute approximate surface area is 84.8 Å². The van der Waals surface area contributed by atoms with Crippen LogP contribution < -0.4 is 0 Å². The Morgan fingerprint density at radius 1 is 1.36 bits per heavy atom. The largest absolute Gasteiger partial charge is 0.298 e. The number of hydrogen-bond acceptors (Lipinski definition) is 2. The standard InChI is InChI=1S/C12H14N2/c1-10-7-14(8-10)9-12-4-2-11(6-13)3-5-12/h2-5,10H,7-9H2,1H3. The van der Waals surface area contributed by atoms with Crippen molar-refractivity contribution in [1.29, 1.82) is 5.26 Å². The fraction of sp³-hybridized carbons (Fsp3) is 0.417. The first-order chi connectivity index (χ1) is 6.78. The molecule has 0 aromatic heterocycles. The molecule has 0 bridgehead atoms. The van der Waals surface area contributed by atoms with Crippen LogP contribution in [0.15, 0.2) is 24.3 Å². The molecular weight excluding hydrogens is 172 g/mol. The molecule has 0 spiro atoms. The van der Waals surface area contributed by atoms with E-state index < -0.39 is 0 Å². The van der Waals surface area contributed by atoms with Crippen LogP contribution in [-0.2, 0) is 6.54 Å². The van der Waals surface area contributed by atoms with Crippen molar-refractivity contribution in [2.45, 2.75) is 13.5 Å². The second kappa shape index (κ2) is 3.81. The summed E-state index contributed by atoms with van der Waals surface area (Å²) in [4.78, 5) is 2.42. The van der Waals surface area contributed by atoms with Crippen molar-refractivity contribution in [3.63, 3.8) is 0 Å². The van der Waals surface area contributed by atoms with Crippen molar-refractivity contribution in [3.8, 4) is 6.07 Å². The van der Waals surface area contributed by atoms with Gasteiger partial charge in [0, 0.05) is 19.6 Å². The van der Waals surface area contributed by atoms with Gasteiger partial charge >= 0.3 is 0 Å². The maximum atomic E-state index is 8.64. The summed E-state index contributed by atoms with van der Waals surface area (Å²) in [5.41, 5.74) is 2.04. The van der Waals surface area contributed by atoms with Gasteiger partial charge in [0.05, 0.1) is 11.6 Å². The Kier molecular flexibility index (Phi) is 2.51. The van der Waals surface area contributed by atoms with Gasteiger partial charge < -0.3 is 0 Å². The van der Waals surface area contributed by atoms with Gasteiger partial charge in [-0.1, -0.05) is 19.1 Å². The first-order valence-corrected chi connectivity index (χ1v) is 4.99. The number of nitriles is 1. The van der Waals surface area contributed by atoms with E-state index in [2.05, 4.69) is 17.9 Å². The smallest absolute Gasteiger partial charge is 0.0991 e. The lowest BCUT2D eigenvalue weighted by Crippen LogP contribution is -2.44. The van der Waals surface area contributed by atoms with E-state index in [-0.39, 0.29) is 0 Å². The zero-order valence-electron chi connectivity index (χ0n) is 8.40. The number of nitrogens with zero attached hydrogens (tertiary/aromatic N) is 2. The molecule has 1 aliphatic rings. The molecular formula is C12H14N2. The van der Waals surface area contributed by atoms with Gasteiger partial charge in [0.2, 0.25) is 0 Å². The Balaban J connectivity index is 1.94. The lowest BCUT2D eigenvalue weighted by Gasteiger charge is -2.37. The van der Waals surface area contributed by atoms with E-state index >= 15 is 0 Å². The lowest BCUT2D eigenvalue weighted by atomic mass is 10.0. The number of rotatable bonds is 2. The fourth-order valence-corrected chi connectivity index (χ4v) is 1.90. The van der Waals surface area contributed by atoms with Crippen LogP contribution in [0.4, 0.5) is 0 Å². The summed E-state index contributed by atoms with van der Waals surface area (Å²) in [5, 5.41) is 8.64. The van der Waals surface area contributed by atoms with Crippen LogP contribution in [0.2, 0.25) is 0 Å². The molecule has 0 N–H and O–H groups in total. The molecule has 0 amide bonds. The molecule has 1 aromatic carbocycles. The van der Waals surface area contributed by atoms with E-state index in [9.17, 15) is 0 Å². The molecule has 1 aromatic rings. The van der Waals surface area contributed by atoms with Crippen molar-refractivity contribution in [1.82, 2.24) is 4.90 Å². The molecule has 14 heavy (non-hydrogen) atoms. The first kappa shape index (κ1) is 9.23. The Bertz CT molecular complexity index is 342. The Hall–Kier alpha value is -1.33. The molecule has 2 nitrogen and oxygen atoms in total. The van der Waals surface area contributed by atoms with Crippen molar-refractivity contribution in [2.75, 3.05) is 13.1 Å². The van der Waals surface area contributed by atoms with Crippen molar-refractivity contribution < 1.29 is 0 Å². The molecule has 2 heteroatoms. The normalized spacial score (nSPS) is 17.4. The van der Waals surface area contributed by atoms with Crippen LogP contribution in [0.3, 0.4) is 0 Å². The highest BCUT2D eigenvalue weighted by atomic mass is 15.2. The van der Waals surface area contributed by atoms with Gasteiger partial charge in [0.25, 0.3) is 0 Å². The number of likely N-dealkylation sites (tertiary alicyclic amines) is 1. The zero-order chi connectivity index (χ0) is 9.97. The van der Waals surface area contributed by atoms with Gasteiger partial charge in [0.1, 0.15) is 0 Å². The molecule has 0 unspecified atom stereocenters. The minimum absolute atomic E-state index is 0.741. The second-order valence-electron chi connectivity index (χ2n) is 4.11. The van der Waals surface area contributed by atoms with Gasteiger partial charge in [0.15, 0.2) is 0 Å². The third kappa shape index (κ3) is 1.94. The summed E-state index contributed by atoms with van der Waals surface area (Å²) in [7, 11) is 0. The average Bonchev–Trinajstić information content (AvgIpc) is 2.17. The van der Waals surface area contributed by atoms with E-state index in [1.807, 2.05) is 24.3 Å². The van der Waals surface area contributed by atoms with Gasteiger partial charge in [-0.2, -0.15) is 5.26 Å². The maximum Gasteiger partial charge on any atom is 0.0991 e. The quantitative estimate of drug-likeness (QED) is 0.706. The highest BCUT2D eigenvalue weighted by Crippen LogP contribution is 2.17. The fourth-order valence-electron chi connectivity index (χ4n) is 1.90. The molecule has 1 aliphatic heterocycles. The van der Waals surface area contributed by atoms with Crippen LogP contribution in [0.25, 0.3) is 0 Å². The van der Waals surface area contributed by atoms with Gasteiger partial charge in [-0.15, -0.1) is 0 Å². The third-order valence-corrected chi connectivity index (χ3v) is 2.63. The zero-order valence-corrected chi connectivity index (χ0v) is 8.40. The molecule has 1 heterocycles. The van der Waals surface area contributed by atoms with E-state index in [1.54, 1.807) is 0 Å². The summed E-state index contributed by atoms with van der Waals surface area (Å²) in [6, 6.07) is 9.99. The molecule has 1 saturated heterocycles. The van der Waals surface area contributed by atoms with Crippen LogP contribution in [0.5, 0.6) is 0 Å². The van der Waals surface area contributed by atoms with Crippen molar-refractivity contribution in [2.24, 2.45) is 5.92 Å². The summed E-state index contributed by atoms with van der Waals surface area (Å²) in [6.45, 7) is 5.71. The molecule has 0 saturated carbocycles. The monoisotopic (exact) mass is 186 g/mol. The second-order valence-corrected chi connectivity index (χ2v) is 4.11.